The number of nitrogens with one attached hydrogen (secondary N) is 1. The van der Waals surface area contributed by atoms with Crippen LogP contribution in [0.4, 0.5) is 4.39 Å². The number of halogens is 1. The fraction of sp³-hybridized carbons (Fsp3) is 0.227. The van der Waals surface area contributed by atoms with Crippen molar-refractivity contribution in [3.63, 3.8) is 0 Å². The van der Waals surface area contributed by atoms with E-state index in [0.29, 0.717) is 6.42 Å². The first-order valence-corrected chi connectivity index (χ1v) is 9.17. The van der Waals surface area contributed by atoms with Gasteiger partial charge < -0.3 is 9.72 Å². The van der Waals surface area contributed by atoms with Crippen LogP contribution in [0.2, 0.25) is 0 Å². The highest BCUT2D eigenvalue weighted by atomic mass is 19.1. The smallest absolute Gasteiger partial charge is 0.250 e. The second-order valence-corrected chi connectivity index (χ2v) is 6.89. The molecule has 1 N–H and O–H groups in total. The van der Waals surface area contributed by atoms with E-state index < -0.39 is 5.82 Å². The minimum atomic E-state index is -0.438. The molecule has 0 saturated carbocycles. The Kier molecular flexibility index (Phi) is 5.02. The van der Waals surface area contributed by atoms with Crippen LogP contribution < -0.4 is 4.74 Å². The molecule has 4 aromatic rings. The van der Waals surface area contributed by atoms with Gasteiger partial charge in [0.25, 0.3) is 0 Å². The molecule has 0 atom stereocenters. The summed E-state index contributed by atoms with van der Waals surface area (Å²) in [5, 5.41) is 1.15. The number of hydrogen-bond donors (Lipinski definition) is 1. The van der Waals surface area contributed by atoms with Crippen molar-refractivity contribution in [1.29, 1.82) is 0 Å². The van der Waals surface area contributed by atoms with Crippen LogP contribution in [-0.4, -0.2) is 27.0 Å². The van der Waals surface area contributed by atoms with Gasteiger partial charge in [0.15, 0.2) is 5.82 Å². The second kappa shape index (κ2) is 7.76. The number of ether oxygens (including phenoxy) is 1. The maximum atomic E-state index is 13.7. The minimum Gasteiger partial charge on any atom is -0.479 e. The molecule has 142 valence electrons. The Morgan fingerprint density at radius 1 is 1.00 bits per heavy atom. The molecule has 0 saturated heterocycles. The summed E-state index contributed by atoms with van der Waals surface area (Å²) in [6.07, 6.45) is 9.62. The van der Waals surface area contributed by atoms with Crippen LogP contribution in [0.3, 0.4) is 0 Å². The standard InChI is InChI=1S/C22H21FN4O/c1-14-7-19-17(13-26-21(19)25-10-14)8-15-3-5-18(24-11-15)6-4-16-9-20(23)22(28-2)27-12-16/h3,5,7,9-13H,4,6,8H2,1-2H3,(H,25,26). The summed E-state index contributed by atoms with van der Waals surface area (Å²) in [6, 6.07) is 7.74. The lowest BCUT2D eigenvalue weighted by molar-refractivity contribution is 0.368. The van der Waals surface area contributed by atoms with E-state index in [9.17, 15) is 4.39 Å². The molecule has 0 bridgehead atoms. The molecule has 0 aromatic carbocycles. The molecule has 6 heteroatoms. The average Bonchev–Trinajstić information content (AvgIpc) is 3.09. The third-order valence-corrected chi connectivity index (χ3v) is 4.76. The number of methoxy groups -OCH3 is 1. The van der Waals surface area contributed by atoms with E-state index in [4.69, 9.17) is 4.74 Å². The number of rotatable bonds is 6. The van der Waals surface area contributed by atoms with E-state index in [1.165, 1.54) is 18.7 Å². The largest absolute Gasteiger partial charge is 0.479 e. The predicted octanol–water partition coefficient (Wildman–Crippen LogP) is 4.19. The average molecular weight is 376 g/mol. The maximum absolute atomic E-state index is 13.7. The zero-order valence-electron chi connectivity index (χ0n) is 15.9. The lowest BCUT2D eigenvalue weighted by atomic mass is 10.0. The summed E-state index contributed by atoms with van der Waals surface area (Å²) >= 11 is 0. The Morgan fingerprint density at radius 2 is 1.86 bits per heavy atom. The summed E-state index contributed by atoms with van der Waals surface area (Å²) in [5.41, 5.74) is 6.20. The van der Waals surface area contributed by atoms with E-state index in [1.54, 1.807) is 6.20 Å². The maximum Gasteiger partial charge on any atom is 0.250 e. The predicted molar refractivity (Wildman–Crippen MR) is 106 cm³/mol. The molecule has 4 aromatic heterocycles. The lowest BCUT2D eigenvalue weighted by Crippen LogP contribution is -1.99. The fourth-order valence-corrected chi connectivity index (χ4v) is 3.26. The second-order valence-electron chi connectivity index (χ2n) is 6.89. The number of pyridine rings is 3. The topological polar surface area (TPSA) is 63.7 Å². The van der Waals surface area contributed by atoms with Crippen molar-refractivity contribution in [2.45, 2.75) is 26.2 Å². The normalized spacial score (nSPS) is 11.1. The van der Waals surface area contributed by atoms with Gasteiger partial charge in [-0.1, -0.05) is 6.07 Å². The van der Waals surface area contributed by atoms with Crippen LogP contribution >= 0.6 is 0 Å². The first-order chi connectivity index (χ1) is 13.6. The van der Waals surface area contributed by atoms with Gasteiger partial charge in [-0.25, -0.2) is 14.4 Å². The van der Waals surface area contributed by atoms with Crippen molar-refractivity contribution in [3.05, 3.63) is 82.8 Å². The lowest BCUT2D eigenvalue weighted by Gasteiger charge is -2.05. The first-order valence-electron chi connectivity index (χ1n) is 9.17. The van der Waals surface area contributed by atoms with E-state index in [0.717, 1.165) is 46.3 Å². The zero-order chi connectivity index (χ0) is 19.5. The summed E-state index contributed by atoms with van der Waals surface area (Å²) in [4.78, 5) is 16.2. The molecule has 5 nitrogen and oxygen atoms in total. The number of fused-ring (bicyclic) bond motifs is 1. The summed E-state index contributed by atoms with van der Waals surface area (Å²) in [7, 11) is 1.41. The van der Waals surface area contributed by atoms with E-state index in [2.05, 4.69) is 32.1 Å². The SMILES string of the molecule is COc1ncc(CCc2ccc(Cc3c[nH]c4ncc(C)cc34)cn2)cc1F. The van der Waals surface area contributed by atoms with Gasteiger partial charge in [0, 0.05) is 42.3 Å². The van der Waals surface area contributed by atoms with Crippen molar-refractivity contribution in [2.24, 2.45) is 0 Å². The third kappa shape index (κ3) is 3.86. The number of aromatic nitrogens is 4. The number of aryl methyl sites for hydroxylation is 3. The van der Waals surface area contributed by atoms with Gasteiger partial charge in [0.05, 0.1) is 7.11 Å². The van der Waals surface area contributed by atoms with Gasteiger partial charge in [-0.3, -0.25) is 4.98 Å². The monoisotopic (exact) mass is 376 g/mol. The third-order valence-electron chi connectivity index (χ3n) is 4.76. The number of H-pyrrole nitrogens is 1. The Bertz CT molecular complexity index is 1110. The Balaban J connectivity index is 1.42. The van der Waals surface area contributed by atoms with Gasteiger partial charge in [0.1, 0.15) is 5.65 Å². The fourth-order valence-electron chi connectivity index (χ4n) is 3.26. The highest BCUT2D eigenvalue weighted by molar-refractivity contribution is 5.80. The summed E-state index contributed by atoms with van der Waals surface area (Å²) in [5.74, 6) is -0.416. The Hall–Kier alpha value is -3.28. The van der Waals surface area contributed by atoms with E-state index >= 15 is 0 Å². The molecular formula is C22H21FN4O. The van der Waals surface area contributed by atoms with Gasteiger partial charge in [-0.05, 0) is 60.2 Å². The van der Waals surface area contributed by atoms with E-state index in [1.807, 2.05) is 31.6 Å². The molecule has 0 unspecified atom stereocenters. The first kappa shape index (κ1) is 18.1. The van der Waals surface area contributed by atoms with Crippen molar-refractivity contribution in [3.8, 4) is 5.88 Å². The minimum absolute atomic E-state index is 0.0221. The molecule has 4 rings (SSSR count). The molecule has 0 radical (unpaired) electrons. The molecule has 0 amide bonds. The van der Waals surface area contributed by atoms with Crippen molar-refractivity contribution < 1.29 is 9.13 Å². The molecule has 0 aliphatic carbocycles. The van der Waals surface area contributed by atoms with Crippen molar-refractivity contribution >= 4 is 11.0 Å². The summed E-state index contributed by atoms with van der Waals surface area (Å²) < 4.78 is 18.6. The molecular weight excluding hydrogens is 355 g/mol. The van der Waals surface area contributed by atoms with Crippen LogP contribution in [0.15, 0.2) is 49.1 Å². The summed E-state index contributed by atoms with van der Waals surface area (Å²) in [6.45, 7) is 2.05. The van der Waals surface area contributed by atoms with Gasteiger partial charge >= 0.3 is 0 Å². The number of hydrogen-bond acceptors (Lipinski definition) is 4. The molecule has 4 heterocycles. The van der Waals surface area contributed by atoms with Crippen LogP contribution in [0.1, 0.15) is 27.9 Å². The number of aromatic amines is 1. The van der Waals surface area contributed by atoms with Crippen LogP contribution in [0.5, 0.6) is 5.88 Å². The van der Waals surface area contributed by atoms with Gasteiger partial charge in [-0.2, -0.15) is 0 Å². The molecule has 28 heavy (non-hydrogen) atoms. The highest BCUT2D eigenvalue weighted by Crippen LogP contribution is 2.21. The van der Waals surface area contributed by atoms with Gasteiger partial charge in [0.2, 0.25) is 5.88 Å². The molecule has 0 aliphatic rings. The zero-order valence-corrected chi connectivity index (χ0v) is 15.9. The van der Waals surface area contributed by atoms with Crippen LogP contribution in [0.25, 0.3) is 11.0 Å². The Morgan fingerprint density at radius 3 is 2.61 bits per heavy atom. The molecule has 0 fully saturated rings. The molecule has 0 aliphatic heterocycles. The quantitative estimate of drug-likeness (QED) is 0.548. The molecule has 0 spiro atoms. The van der Waals surface area contributed by atoms with Crippen LogP contribution in [-0.2, 0) is 19.3 Å². The van der Waals surface area contributed by atoms with Crippen LogP contribution in [0, 0.1) is 12.7 Å². The number of nitrogens with zero attached hydrogens (tertiary/aromatic N) is 3. The van der Waals surface area contributed by atoms with Crippen molar-refractivity contribution in [1.82, 2.24) is 19.9 Å². The Labute approximate surface area is 162 Å². The van der Waals surface area contributed by atoms with E-state index in [-0.39, 0.29) is 5.88 Å². The van der Waals surface area contributed by atoms with Crippen molar-refractivity contribution in [2.75, 3.05) is 7.11 Å². The van der Waals surface area contributed by atoms with Gasteiger partial charge in [-0.15, -0.1) is 0 Å². The highest BCUT2D eigenvalue weighted by Gasteiger charge is 2.08.